The lowest BCUT2D eigenvalue weighted by molar-refractivity contribution is 0.317. The predicted molar refractivity (Wildman–Crippen MR) is 66.2 cm³/mol. The van der Waals surface area contributed by atoms with Gasteiger partial charge in [0.05, 0.1) is 5.69 Å². The van der Waals surface area contributed by atoms with Crippen molar-refractivity contribution < 1.29 is 0 Å². The minimum absolute atomic E-state index is 0.829. The molecule has 0 bridgehead atoms. The van der Waals surface area contributed by atoms with Crippen LogP contribution in [0.25, 0.3) is 0 Å². The molecule has 3 heteroatoms. The molecular weight excluding hydrogens is 252 g/mol. The van der Waals surface area contributed by atoms with E-state index in [1.165, 1.54) is 25.2 Å². The Kier molecular flexibility index (Phi) is 3.76. The van der Waals surface area contributed by atoms with E-state index in [0.29, 0.717) is 0 Å². The third-order valence-electron chi connectivity index (χ3n) is 2.92. The number of aryl methyl sites for hydroxylation is 1. The van der Waals surface area contributed by atoms with Gasteiger partial charge < -0.3 is 0 Å². The van der Waals surface area contributed by atoms with Gasteiger partial charge >= 0.3 is 0 Å². The molecule has 1 saturated heterocycles. The Morgan fingerprint density at radius 1 is 1.53 bits per heavy atom. The lowest BCUT2D eigenvalue weighted by Crippen LogP contribution is -2.21. The van der Waals surface area contributed by atoms with Crippen molar-refractivity contribution in [1.29, 1.82) is 0 Å². The van der Waals surface area contributed by atoms with Crippen LogP contribution in [0.2, 0.25) is 0 Å². The Balaban J connectivity index is 1.92. The summed E-state index contributed by atoms with van der Waals surface area (Å²) in [6.07, 6.45) is 1.32. The molecule has 1 atom stereocenters. The third kappa shape index (κ3) is 3.02. The second kappa shape index (κ2) is 5.08. The monoisotopic (exact) mass is 268 g/mol. The first-order valence-electron chi connectivity index (χ1n) is 5.49. The number of rotatable bonds is 3. The number of halogens is 1. The molecule has 0 amide bonds. The van der Waals surface area contributed by atoms with E-state index in [1.54, 1.807) is 0 Å². The zero-order valence-corrected chi connectivity index (χ0v) is 10.7. The molecule has 1 aromatic rings. The third-order valence-corrected chi connectivity index (χ3v) is 3.84. The van der Waals surface area contributed by atoms with Crippen molar-refractivity contribution in [2.24, 2.45) is 5.92 Å². The van der Waals surface area contributed by atoms with Crippen molar-refractivity contribution in [3.63, 3.8) is 0 Å². The minimum Gasteiger partial charge on any atom is -0.297 e. The van der Waals surface area contributed by atoms with Crippen LogP contribution in [0.4, 0.5) is 0 Å². The maximum Gasteiger partial charge on any atom is 0.0547 e. The van der Waals surface area contributed by atoms with Crippen LogP contribution in [0.5, 0.6) is 0 Å². The van der Waals surface area contributed by atoms with Crippen molar-refractivity contribution in [2.45, 2.75) is 19.9 Å². The number of hydrogen-bond donors (Lipinski definition) is 0. The summed E-state index contributed by atoms with van der Waals surface area (Å²) >= 11 is 3.56. The van der Waals surface area contributed by atoms with Crippen molar-refractivity contribution in [3.05, 3.63) is 29.6 Å². The van der Waals surface area contributed by atoms with E-state index >= 15 is 0 Å². The average Bonchev–Trinajstić information content (AvgIpc) is 2.65. The highest BCUT2D eigenvalue weighted by molar-refractivity contribution is 9.09. The molecule has 82 valence electrons. The summed E-state index contributed by atoms with van der Waals surface area (Å²) in [6.45, 7) is 5.48. The summed E-state index contributed by atoms with van der Waals surface area (Å²) in [4.78, 5) is 7.03. The van der Waals surface area contributed by atoms with Gasteiger partial charge in [0, 0.05) is 24.1 Å². The highest BCUT2D eigenvalue weighted by Gasteiger charge is 2.21. The predicted octanol–water partition coefficient (Wildman–Crippen LogP) is 2.61. The summed E-state index contributed by atoms with van der Waals surface area (Å²) in [6, 6.07) is 6.26. The number of likely N-dealkylation sites (tertiary alicyclic amines) is 1. The fraction of sp³-hybridized carbons (Fsp3) is 0.583. The van der Waals surface area contributed by atoms with Gasteiger partial charge in [0.15, 0.2) is 0 Å². The van der Waals surface area contributed by atoms with Crippen molar-refractivity contribution in [1.82, 2.24) is 9.88 Å². The fourth-order valence-electron chi connectivity index (χ4n) is 2.10. The summed E-state index contributed by atoms with van der Waals surface area (Å²) < 4.78 is 0. The van der Waals surface area contributed by atoms with E-state index < -0.39 is 0 Å². The molecule has 1 fully saturated rings. The molecule has 0 spiro atoms. The molecular formula is C12H17BrN2. The maximum absolute atomic E-state index is 4.53. The number of nitrogens with zero attached hydrogens (tertiary/aromatic N) is 2. The normalized spacial score (nSPS) is 22.1. The van der Waals surface area contributed by atoms with Gasteiger partial charge in [-0.25, -0.2) is 0 Å². The molecule has 1 aliphatic heterocycles. The topological polar surface area (TPSA) is 16.1 Å². The Morgan fingerprint density at radius 3 is 3.07 bits per heavy atom. The Bertz CT molecular complexity index is 327. The van der Waals surface area contributed by atoms with Crippen LogP contribution in [0.15, 0.2) is 18.2 Å². The Morgan fingerprint density at radius 2 is 2.40 bits per heavy atom. The minimum atomic E-state index is 0.829. The zero-order chi connectivity index (χ0) is 10.7. The van der Waals surface area contributed by atoms with Gasteiger partial charge in [-0.05, 0) is 37.9 Å². The first-order chi connectivity index (χ1) is 7.28. The van der Waals surface area contributed by atoms with Gasteiger partial charge in [0.1, 0.15) is 0 Å². The summed E-state index contributed by atoms with van der Waals surface area (Å²) in [5, 5.41) is 1.13. The van der Waals surface area contributed by atoms with Gasteiger partial charge in [-0.3, -0.25) is 9.88 Å². The standard InChI is InChI=1S/C12H17BrN2/c1-10-3-2-4-12(14-10)9-15-6-5-11(7-13)8-15/h2-4,11H,5-9H2,1H3. The van der Waals surface area contributed by atoms with Gasteiger partial charge in [-0.2, -0.15) is 0 Å². The molecule has 0 radical (unpaired) electrons. The van der Waals surface area contributed by atoms with Gasteiger partial charge in [-0.15, -0.1) is 0 Å². The largest absolute Gasteiger partial charge is 0.297 e. The van der Waals surface area contributed by atoms with Crippen LogP contribution < -0.4 is 0 Å². The number of hydrogen-bond acceptors (Lipinski definition) is 2. The van der Waals surface area contributed by atoms with E-state index in [2.05, 4.69) is 50.9 Å². The van der Waals surface area contributed by atoms with Crippen LogP contribution >= 0.6 is 15.9 Å². The van der Waals surface area contributed by atoms with Crippen LogP contribution in [0.1, 0.15) is 17.8 Å². The van der Waals surface area contributed by atoms with E-state index in [-0.39, 0.29) is 0 Å². The van der Waals surface area contributed by atoms with Crippen LogP contribution in [0, 0.1) is 12.8 Å². The molecule has 2 heterocycles. The highest BCUT2D eigenvalue weighted by atomic mass is 79.9. The van der Waals surface area contributed by atoms with Crippen LogP contribution in [-0.2, 0) is 6.54 Å². The molecule has 1 unspecified atom stereocenters. The quantitative estimate of drug-likeness (QED) is 0.784. The number of alkyl halides is 1. The lowest BCUT2D eigenvalue weighted by Gasteiger charge is -2.14. The SMILES string of the molecule is Cc1cccc(CN2CCC(CBr)C2)n1. The molecule has 2 nitrogen and oxygen atoms in total. The van der Waals surface area contributed by atoms with E-state index in [1.807, 2.05) is 0 Å². The van der Waals surface area contributed by atoms with Crippen LogP contribution in [-0.4, -0.2) is 28.3 Å². The number of pyridine rings is 1. The summed E-state index contributed by atoms with van der Waals surface area (Å²) in [5.74, 6) is 0.829. The fourth-order valence-corrected chi connectivity index (χ4v) is 2.63. The molecule has 15 heavy (non-hydrogen) atoms. The maximum atomic E-state index is 4.53. The first-order valence-corrected chi connectivity index (χ1v) is 6.61. The number of aromatic nitrogens is 1. The van der Waals surface area contributed by atoms with Crippen LogP contribution in [0.3, 0.4) is 0 Å². The highest BCUT2D eigenvalue weighted by Crippen LogP contribution is 2.19. The van der Waals surface area contributed by atoms with Gasteiger partial charge in [0.2, 0.25) is 0 Å². The zero-order valence-electron chi connectivity index (χ0n) is 9.12. The molecule has 1 aliphatic rings. The molecule has 2 rings (SSSR count). The van der Waals surface area contributed by atoms with Crippen molar-refractivity contribution in [3.8, 4) is 0 Å². The van der Waals surface area contributed by atoms with E-state index in [4.69, 9.17) is 0 Å². The lowest BCUT2D eigenvalue weighted by atomic mass is 10.2. The molecule has 0 N–H and O–H groups in total. The smallest absolute Gasteiger partial charge is 0.0547 e. The molecule has 1 aromatic heterocycles. The molecule has 0 aromatic carbocycles. The summed E-state index contributed by atoms with van der Waals surface area (Å²) in [5.41, 5.74) is 2.31. The molecule has 0 aliphatic carbocycles. The van der Waals surface area contributed by atoms with Gasteiger partial charge in [-0.1, -0.05) is 22.0 Å². The second-order valence-corrected chi connectivity index (χ2v) is 4.96. The Labute approximate surface area is 99.8 Å². The Hall–Kier alpha value is -0.410. The van der Waals surface area contributed by atoms with Crippen molar-refractivity contribution >= 4 is 15.9 Å². The summed E-state index contributed by atoms with van der Waals surface area (Å²) in [7, 11) is 0. The first kappa shape index (κ1) is 11.1. The van der Waals surface area contributed by atoms with Gasteiger partial charge in [0.25, 0.3) is 0 Å². The second-order valence-electron chi connectivity index (χ2n) is 4.31. The van der Waals surface area contributed by atoms with Crippen molar-refractivity contribution in [2.75, 3.05) is 18.4 Å². The average molecular weight is 269 g/mol. The molecule has 0 saturated carbocycles. The van der Waals surface area contributed by atoms with E-state index in [9.17, 15) is 0 Å². The van der Waals surface area contributed by atoms with E-state index in [0.717, 1.165) is 23.5 Å².